The number of amides is 4. The first-order chi connectivity index (χ1) is 18.7. The second kappa shape index (κ2) is 13.5. The molecular formula is C26H30Cl2N4O6S. The van der Waals surface area contributed by atoms with Crippen LogP contribution >= 0.6 is 34.5 Å². The highest BCUT2D eigenvalue weighted by Gasteiger charge is 2.28. The SMILES string of the molecule is O=C(O)CC(CNC(=O)N1CCOCC1)C(=O)NC1CCN(C(=O)C=Cc2cc3ccsc3c(Cl)c2Cl)CC1. The Bertz CT molecular complexity index is 1250. The summed E-state index contributed by atoms with van der Waals surface area (Å²) in [6.07, 6.45) is 3.77. The minimum Gasteiger partial charge on any atom is -0.481 e. The van der Waals surface area contributed by atoms with E-state index in [1.807, 2.05) is 17.5 Å². The molecule has 4 amide bonds. The van der Waals surface area contributed by atoms with E-state index in [0.717, 1.165) is 10.1 Å². The normalized spacial score (nSPS) is 17.4. The Labute approximate surface area is 239 Å². The molecule has 2 aliphatic heterocycles. The van der Waals surface area contributed by atoms with E-state index in [1.54, 1.807) is 15.9 Å². The van der Waals surface area contributed by atoms with E-state index in [2.05, 4.69) is 10.6 Å². The molecule has 10 nitrogen and oxygen atoms in total. The molecule has 2 aliphatic rings. The number of urea groups is 1. The van der Waals surface area contributed by atoms with Gasteiger partial charge >= 0.3 is 12.0 Å². The van der Waals surface area contributed by atoms with Crippen LogP contribution in [0, 0.1) is 5.92 Å². The number of rotatable bonds is 8. The van der Waals surface area contributed by atoms with Crippen LogP contribution in [0.1, 0.15) is 24.8 Å². The number of carbonyl (C=O) groups excluding carboxylic acids is 3. The maximum absolute atomic E-state index is 12.9. The predicted octanol–water partition coefficient (Wildman–Crippen LogP) is 3.46. The predicted molar refractivity (Wildman–Crippen MR) is 150 cm³/mol. The van der Waals surface area contributed by atoms with Crippen LogP contribution < -0.4 is 10.6 Å². The fourth-order valence-corrected chi connectivity index (χ4v) is 6.02. The Morgan fingerprint density at radius 2 is 1.82 bits per heavy atom. The smallest absolute Gasteiger partial charge is 0.317 e. The third kappa shape index (κ3) is 7.63. The lowest BCUT2D eigenvalue weighted by Crippen LogP contribution is -2.51. The van der Waals surface area contributed by atoms with Gasteiger partial charge in [0, 0.05) is 44.8 Å². The van der Waals surface area contributed by atoms with E-state index < -0.39 is 24.2 Å². The van der Waals surface area contributed by atoms with E-state index in [4.69, 9.17) is 27.9 Å². The van der Waals surface area contributed by atoms with E-state index in [9.17, 15) is 24.3 Å². The van der Waals surface area contributed by atoms with Gasteiger partial charge in [0.2, 0.25) is 11.8 Å². The van der Waals surface area contributed by atoms with Crippen LogP contribution in [0.4, 0.5) is 4.79 Å². The molecule has 0 aliphatic carbocycles. The maximum atomic E-state index is 12.9. The number of fused-ring (bicyclic) bond motifs is 1. The first-order valence-electron chi connectivity index (χ1n) is 12.7. The molecule has 2 aromatic rings. The molecule has 1 aromatic heterocycles. The van der Waals surface area contributed by atoms with Crippen molar-refractivity contribution in [3.63, 3.8) is 0 Å². The van der Waals surface area contributed by atoms with E-state index >= 15 is 0 Å². The van der Waals surface area contributed by atoms with Crippen LogP contribution in [0.15, 0.2) is 23.6 Å². The fraction of sp³-hybridized carbons (Fsp3) is 0.462. The lowest BCUT2D eigenvalue weighted by molar-refractivity contribution is -0.141. The number of nitrogens with zero attached hydrogens (tertiary/aromatic N) is 2. The number of carboxylic acid groups (broad SMARTS) is 1. The molecular weight excluding hydrogens is 567 g/mol. The number of carbonyl (C=O) groups is 4. The third-order valence-corrected chi connectivity index (χ3v) is 8.74. The molecule has 0 saturated carbocycles. The zero-order valence-corrected chi connectivity index (χ0v) is 23.5. The molecule has 13 heteroatoms. The minimum atomic E-state index is -1.12. The maximum Gasteiger partial charge on any atom is 0.317 e. The number of nitrogens with one attached hydrogen (secondary N) is 2. The van der Waals surface area contributed by atoms with Crippen LogP contribution in [0.3, 0.4) is 0 Å². The summed E-state index contributed by atoms with van der Waals surface area (Å²) in [4.78, 5) is 52.6. The number of carboxylic acids is 1. The Morgan fingerprint density at radius 3 is 2.51 bits per heavy atom. The van der Waals surface area contributed by atoms with E-state index in [0.29, 0.717) is 67.8 Å². The van der Waals surface area contributed by atoms with Gasteiger partial charge in [0.1, 0.15) is 0 Å². The van der Waals surface area contributed by atoms with E-state index in [-0.39, 0.29) is 24.5 Å². The topological polar surface area (TPSA) is 128 Å². The molecule has 0 radical (unpaired) electrons. The Morgan fingerprint density at radius 1 is 1.10 bits per heavy atom. The van der Waals surface area contributed by atoms with Gasteiger partial charge in [-0.2, -0.15) is 0 Å². The summed E-state index contributed by atoms with van der Waals surface area (Å²) in [6.45, 7) is 2.55. The van der Waals surface area contributed by atoms with Gasteiger partial charge in [-0.25, -0.2) is 4.79 Å². The largest absolute Gasteiger partial charge is 0.481 e. The van der Waals surface area contributed by atoms with Crippen molar-refractivity contribution in [3.8, 4) is 0 Å². The highest BCUT2D eigenvalue weighted by atomic mass is 35.5. The summed E-state index contributed by atoms with van der Waals surface area (Å²) in [5.74, 6) is -2.64. The van der Waals surface area contributed by atoms with Crippen LogP contribution in [0.2, 0.25) is 10.0 Å². The quantitative estimate of drug-likeness (QED) is 0.400. The average Bonchev–Trinajstić information content (AvgIpc) is 3.41. The molecule has 0 spiro atoms. The van der Waals surface area contributed by atoms with Gasteiger partial charge in [-0.15, -0.1) is 11.3 Å². The Kier molecular flexibility index (Phi) is 10.1. The van der Waals surface area contributed by atoms with E-state index in [1.165, 1.54) is 17.4 Å². The van der Waals surface area contributed by atoms with Crippen molar-refractivity contribution in [1.29, 1.82) is 0 Å². The molecule has 4 rings (SSSR count). The van der Waals surface area contributed by atoms with Crippen LogP contribution in [0.5, 0.6) is 0 Å². The second-order valence-electron chi connectivity index (χ2n) is 9.45. The number of morpholine rings is 1. The zero-order chi connectivity index (χ0) is 27.9. The van der Waals surface area contributed by atoms with Gasteiger partial charge in [0.25, 0.3) is 0 Å². The van der Waals surface area contributed by atoms with Gasteiger partial charge in [-0.05, 0) is 47.4 Å². The van der Waals surface area contributed by atoms with Gasteiger partial charge in [0.15, 0.2) is 0 Å². The Hall–Kier alpha value is -2.86. The summed E-state index contributed by atoms with van der Waals surface area (Å²) in [5, 5.41) is 18.6. The molecule has 3 heterocycles. The molecule has 210 valence electrons. The highest BCUT2D eigenvalue weighted by Crippen LogP contribution is 2.37. The van der Waals surface area contributed by atoms with Gasteiger partial charge in [0.05, 0.1) is 40.3 Å². The zero-order valence-electron chi connectivity index (χ0n) is 21.2. The highest BCUT2D eigenvalue weighted by molar-refractivity contribution is 7.18. The summed E-state index contributed by atoms with van der Waals surface area (Å²) in [6, 6.07) is 3.29. The first kappa shape index (κ1) is 29.1. The summed E-state index contributed by atoms with van der Waals surface area (Å²) >= 11 is 14.3. The summed E-state index contributed by atoms with van der Waals surface area (Å²) in [7, 11) is 0. The van der Waals surface area contributed by atoms with Crippen LogP contribution in [-0.2, 0) is 19.1 Å². The standard InChI is InChI=1S/C26H30Cl2N4O6S/c27-22-16(13-17-5-12-39-24(17)23(22)28)1-2-20(33)31-6-3-19(4-7-31)30-25(36)18(14-21(34)35)15-29-26(37)32-8-10-38-11-9-32/h1-2,5,12-13,18-19H,3-4,6-11,14-15H2,(H,29,37)(H,30,36)(H,34,35). The van der Waals surface area contributed by atoms with Crippen molar-refractivity contribution in [2.45, 2.75) is 25.3 Å². The van der Waals surface area contributed by atoms with Crippen molar-refractivity contribution < 1.29 is 29.0 Å². The van der Waals surface area contributed by atoms with Crippen molar-refractivity contribution in [2.75, 3.05) is 45.9 Å². The van der Waals surface area contributed by atoms with Crippen LogP contribution in [0.25, 0.3) is 16.2 Å². The second-order valence-corrected chi connectivity index (χ2v) is 11.1. The molecule has 3 N–H and O–H groups in total. The number of hydrogen-bond acceptors (Lipinski definition) is 6. The number of likely N-dealkylation sites (tertiary alicyclic amines) is 1. The number of hydrogen-bond donors (Lipinski definition) is 3. The number of benzene rings is 1. The lowest BCUT2D eigenvalue weighted by Gasteiger charge is -2.32. The Balaban J connectivity index is 1.27. The lowest BCUT2D eigenvalue weighted by atomic mass is 10.0. The number of aliphatic carboxylic acids is 1. The summed E-state index contributed by atoms with van der Waals surface area (Å²) in [5.41, 5.74) is 0.660. The fourth-order valence-electron chi connectivity index (χ4n) is 4.58. The molecule has 39 heavy (non-hydrogen) atoms. The molecule has 2 saturated heterocycles. The van der Waals surface area contributed by atoms with Crippen molar-refractivity contribution in [3.05, 3.63) is 39.2 Å². The average molecular weight is 598 g/mol. The van der Waals surface area contributed by atoms with Gasteiger partial charge in [-0.3, -0.25) is 14.4 Å². The summed E-state index contributed by atoms with van der Waals surface area (Å²) < 4.78 is 6.13. The van der Waals surface area contributed by atoms with Crippen molar-refractivity contribution in [2.24, 2.45) is 5.92 Å². The monoisotopic (exact) mass is 596 g/mol. The van der Waals surface area contributed by atoms with Gasteiger partial charge in [-0.1, -0.05) is 23.2 Å². The molecule has 1 aromatic carbocycles. The number of ether oxygens (including phenoxy) is 1. The third-order valence-electron chi connectivity index (χ3n) is 6.80. The molecule has 1 atom stereocenters. The first-order valence-corrected chi connectivity index (χ1v) is 14.3. The molecule has 2 fully saturated rings. The van der Waals surface area contributed by atoms with Crippen molar-refractivity contribution in [1.82, 2.24) is 20.4 Å². The minimum absolute atomic E-state index is 0.0831. The molecule has 0 bridgehead atoms. The number of piperidine rings is 1. The van der Waals surface area contributed by atoms with Crippen LogP contribution in [-0.4, -0.2) is 90.7 Å². The molecule has 1 unspecified atom stereocenters. The number of halogens is 2. The number of thiophene rings is 1. The van der Waals surface area contributed by atoms with Gasteiger partial charge < -0.3 is 30.3 Å². The van der Waals surface area contributed by atoms with Crippen molar-refractivity contribution >= 4 is 74.5 Å².